The smallest absolute Gasteiger partial charge is 0.271 e. The van der Waals surface area contributed by atoms with Gasteiger partial charge >= 0.3 is 0 Å². The molecule has 0 unspecified atom stereocenters. The zero-order valence-corrected chi connectivity index (χ0v) is 13.2. The van der Waals surface area contributed by atoms with Gasteiger partial charge in [-0.1, -0.05) is 23.8 Å². The predicted molar refractivity (Wildman–Crippen MR) is 87.7 cm³/mol. The zero-order chi connectivity index (χ0) is 17.0. The highest BCUT2D eigenvalue weighted by molar-refractivity contribution is 5.94. The number of hydrogen-bond donors (Lipinski definition) is 1. The molecule has 0 aliphatic heterocycles. The molecule has 0 fully saturated rings. The van der Waals surface area contributed by atoms with Gasteiger partial charge in [0.05, 0.1) is 4.92 Å². The van der Waals surface area contributed by atoms with Crippen LogP contribution in [0.4, 0.5) is 11.4 Å². The Bertz CT molecular complexity index is 743. The van der Waals surface area contributed by atoms with E-state index < -0.39 is 11.0 Å². The fraction of sp³-hybridized carbons (Fsp3) is 0.235. The Morgan fingerprint density at radius 1 is 1.22 bits per heavy atom. The van der Waals surface area contributed by atoms with E-state index in [4.69, 9.17) is 4.74 Å². The van der Waals surface area contributed by atoms with E-state index >= 15 is 0 Å². The molecular weight excluding hydrogens is 296 g/mol. The minimum absolute atomic E-state index is 0.0780. The van der Waals surface area contributed by atoms with Crippen molar-refractivity contribution >= 4 is 17.3 Å². The number of nitro benzene ring substituents is 1. The monoisotopic (exact) mass is 314 g/mol. The lowest BCUT2D eigenvalue weighted by Crippen LogP contribution is -2.30. The molecule has 0 saturated heterocycles. The molecule has 2 aromatic rings. The summed E-state index contributed by atoms with van der Waals surface area (Å²) in [6.07, 6.45) is -0.726. The van der Waals surface area contributed by atoms with Crippen molar-refractivity contribution in [1.82, 2.24) is 0 Å². The van der Waals surface area contributed by atoms with Gasteiger partial charge in [0.2, 0.25) is 0 Å². The van der Waals surface area contributed by atoms with Crippen LogP contribution in [0.15, 0.2) is 42.5 Å². The summed E-state index contributed by atoms with van der Waals surface area (Å²) in [7, 11) is 0. The van der Waals surface area contributed by atoms with Crippen LogP contribution in [0.2, 0.25) is 0 Å². The molecule has 0 aromatic heterocycles. The first kappa shape index (κ1) is 16.5. The van der Waals surface area contributed by atoms with E-state index in [2.05, 4.69) is 5.32 Å². The van der Waals surface area contributed by atoms with Gasteiger partial charge in [0.15, 0.2) is 6.10 Å². The van der Waals surface area contributed by atoms with Crippen molar-refractivity contribution in [2.75, 3.05) is 5.32 Å². The van der Waals surface area contributed by atoms with Crippen molar-refractivity contribution in [1.29, 1.82) is 0 Å². The number of nitro groups is 1. The lowest BCUT2D eigenvalue weighted by molar-refractivity contribution is -0.384. The zero-order valence-electron chi connectivity index (χ0n) is 13.2. The van der Waals surface area contributed by atoms with Crippen LogP contribution >= 0.6 is 0 Å². The van der Waals surface area contributed by atoms with Crippen LogP contribution in [-0.2, 0) is 4.79 Å². The number of non-ortho nitro benzene ring substituents is 1. The van der Waals surface area contributed by atoms with Crippen molar-refractivity contribution in [2.24, 2.45) is 0 Å². The SMILES string of the molecule is Cc1ccc(O[C@@H](C)C(=O)Nc2cccc([N+](=O)[O-])c2)c(C)c1. The molecule has 0 radical (unpaired) electrons. The maximum absolute atomic E-state index is 12.2. The van der Waals surface area contributed by atoms with Gasteiger partial charge in [0.25, 0.3) is 11.6 Å². The summed E-state index contributed by atoms with van der Waals surface area (Å²) in [4.78, 5) is 22.4. The fourth-order valence-corrected chi connectivity index (χ4v) is 2.12. The first-order valence-corrected chi connectivity index (χ1v) is 7.16. The minimum atomic E-state index is -0.726. The second kappa shape index (κ2) is 6.91. The summed E-state index contributed by atoms with van der Waals surface area (Å²) < 4.78 is 5.67. The molecule has 2 aromatic carbocycles. The third-order valence-corrected chi connectivity index (χ3v) is 3.33. The molecule has 0 heterocycles. The number of benzene rings is 2. The molecular formula is C17H18N2O4. The van der Waals surface area contributed by atoms with Crippen LogP contribution in [0.3, 0.4) is 0 Å². The Balaban J connectivity index is 2.05. The van der Waals surface area contributed by atoms with Crippen molar-refractivity contribution < 1.29 is 14.5 Å². The van der Waals surface area contributed by atoms with Crippen molar-refractivity contribution in [3.8, 4) is 5.75 Å². The average molecular weight is 314 g/mol. The number of anilines is 1. The number of hydrogen-bond acceptors (Lipinski definition) is 4. The van der Waals surface area contributed by atoms with E-state index in [0.29, 0.717) is 11.4 Å². The van der Waals surface area contributed by atoms with Crippen molar-refractivity contribution in [3.05, 3.63) is 63.7 Å². The summed E-state index contributed by atoms with van der Waals surface area (Å²) in [5.41, 5.74) is 2.34. The van der Waals surface area contributed by atoms with E-state index in [1.165, 1.54) is 18.2 Å². The Hall–Kier alpha value is -2.89. The number of carbonyl (C=O) groups is 1. The predicted octanol–water partition coefficient (Wildman–Crippen LogP) is 3.62. The van der Waals surface area contributed by atoms with E-state index in [1.54, 1.807) is 13.0 Å². The molecule has 23 heavy (non-hydrogen) atoms. The maximum atomic E-state index is 12.2. The molecule has 6 heteroatoms. The standard InChI is InChI=1S/C17H18N2O4/c1-11-7-8-16(12(2)9-11)23-13(3)17(20)18-14-5-4-6-15(10-14)19(21)22/h4-10,13H,1-3H3,(H,18,20)/t13-/m0/s1. The topological polar surface area (TPSA) is 81.5 Å². The molecule has 1 atom stereocenters. The minimum Gasteiger partial charge on any atom is -0.481 e. The molecule has 6 nitrogen and oxygen atoms in total. The molecule has 0 bridgehead atoms. The van der Waals surface area contributed by atoms with Gasteiger partial charge in [0.1, 0.15) is 5.75 Å². The van der Waals surface area contributed by atoms with Gasteiger partial charge in [-0.25, -0.2) is 0 Å². The largest absolute Gasteiger partial charge is 0.481 e. The molecule has 2 rings (SSSR count). The number of aryl methyl sites for hydroxylation is 2. The Morgan fingerprint density at radius 3 is 2.61 bits per heavy atom. The van der Waals surface area contributed by atoms with Crippen LogP contribution < -0.4 is 10.1 Å². The number of carbonyl (C=O) groups excluding carboxylic acids is 1. The van der Waals surface area contributed by atoms with E-state index in [0.717, 1.165) is 11.1 Å². The van der Waals surface area contributed by atoms with Gasteiger partial charge < -0.3 is 10.1 Å². The molecule has 0 aliphatic rings. The molecule has 0 aliphatic carbocycles. The van der Waals surface area contributed by atoms with Crippen LogP contribution in [0.1, 0.15) is 18.1 Å². The molecule has 1 N–H and O–H groups in total. The molecule has 120 valence electrons. The second-order valence-corrected chi connectivity index (χ2v) is 5.33. The van der Waals surface area contributed by atoms with E-state index in [9.17, 15) is 14.9 Å². The van der Waals surface area contributed by atoms with Gasteiger partial charge in [-0.3, -0.25) is 14.9 Å². The lowest BCUT2D eigenvalue weighted by atomic mass is 10.1. The van der Waals surface area contributed by atoms with E-state index in [1.807, 2.05) is 32.0 Å². The van der Waals surface area contributed by atoms with Gasteiger partial charge in [-0.2, -0.15) is 0 Å². The summed E-state index contributed by atoms with van der Waals surface area (Å²) in [6.45, 7) is 5.52. The first-order valence-electron chi connectivity index (χ1n) is 7.16. The number of amides is 1. The van der Waals surface area contributed by atoms with Crippen molar-refractivity contribution in [2.45, 2.75) is 26.9 Å². The average Bonchev–Trinajstić information content (AvgIpc) is 2.50. The van der Waals surface area contributed by atoms with Crippen LogP contribution in [0.25, 0.3) is 0 Å². The molecule has 0 spiro atoms. The number of nitrogens with zero attached hydrogens (tertiary/aromatic N) is 1. The quantitative estimate of drug-likeness (QED) is 0.675. The summed E-state index contributed by atoms with van der Waals surface area (Å²) in [6, 6.07) is 11.5. The highest BCUT2D eigenvalue weighted by Gasteiger charge is 2.17. The molecule has 0 saturated carbocycles. The van der Waals surface area contributed by atoms with Crippen molar-refractivity contribution in [3.63, 3.8) is 0 Å². The lowest BCUT2D eigenvalue weighted by Gasteiger charge is -2.16. The first-order chi connectivity index (χ1) is 10.9. The summed E-state index contributed by atoms with van der Waals surface area (Å²) >= 11 is 0. The Kier molecular flexibility index (Phi) is 4.95. The highest BCUT2D eigenvalue weighted by atomic mass is 16.6. The Labute approximate surface area is 134 Å². The van der Waals surface area contributed by atoms with Crippen LogP contribution in [0.5, 0.6) is 5.75 Å². The van der Waals surface area contributed by atoms with E-state index in [-0.39, 0.29) is 11.6 Å². The third-order valence-electron chi connectivity index (χ3n) is 3.33. The highest BCUT2D eigenvalue weighted by Crippen LogP contribution is 2.21. The summed E-state index contributed by atoms with van der Waals surface area (Å²) in [5.74, 6) is 0.266. The van der Waals surface area contributed by atoms with Gasteiger partial charge in [-0.15, -0.1) is 0 Å². The van der Waals surface area contributed by atoms with Gasteiger partial charge in [-0.05, 0) is 38.5 Å². The molecule has 1 amide bonds. The van der Waals surface area contributed by atoms with Gasteiger partial charge in [0, 0.05) is 17.8 Å². The fourth-order valence-electron chi connectivity index (χ4n) is 2.12. The second-order valence-electron chi connectivity index (χ2n) is 5.33. The summed E-state index contributed by atoms with van der Waals surface area (Å²) in [5, 5.41) is 13.4. The normalized spacial score (nSPS) is 11.6. The maximum Gasteiger partial charge on any atom is 0.271 e. The number of ether oxygens (including phenoxy) is 1. The van der Waals surface area contributed by atoms with Crippen LogP contribution in [-0.4, -0.2) is 16.9 Å². The number of rotatable bonds is 5. The number of nitrogens with one attached hydrogen (secondary N) is 1. The van der Waals surface area contributed by atoms with Crippen LogP contribution in [0, 0.1) is 24.0 Å². The Morgan fingerprint density at radius 2 is 1.96 bits per heavy atom. The third kappa shape index (κ3) is 4.29.